The molecule has 0 aliphatic carbocycles. The Kier molecular flexibility index (Phi) is 3.05. The van der Waals surface area contributed by atoms with Crippen molar-refractivity contribution in [3.05, 3.63) is 54.2 Å². The molecule has 0 unspecified atom stereocenters. The molecule has 1 radical (unpaired) electrons. The Balaban J connectivity index is 1.75. The molecule has 0 spiro atoms. The molecule has 6 nitrogen and oxygen atoms in total. The third-order valence-electron chi connectivity index (χ3n) is 3.51. The molecule has 0 aliphatic heterocycles. The largest absolute Gasteiger partial charge is 0.449 e. The molecule has 0 saturated carbocycles. The van der Waals surface area contributed by atoms with Gasteiger partial charge >= 0.3 is 7.48 Å². The van der Waals surface area contributed by atoms with Gasteiger partial charge < -0.3 is 5.02 Å². The zero-order chi connectivity index (χ0) is 14.9. The summed E-state index contributed by atoms with van der Waals surface area (Å²) in [6.45, 7) is 0.559. The van der Waals surface area contributed by atoms with Gasteiger partial charge in [-0.15, -0.1) is 5.10 Å². The molecule has 0 saturated heterocycles. The van der Waals surface area contributed by atoms with Gasteiger partial charge in [-0.3, -0.25) is 4.98 Å². The molecule has 0 fully saturated rings. The molecule has 0 amide bonds. The molecule has 0 bridgehead atoms. The highest BCUT2D eigenvalue weighted by atomic mass is 16.2. The van der Waals surface area contributed by atoms with E-state index in [1.807, 2.05) is 24.3 Å². The average Bonchev–Trinajstić information content (AvgIpc) is 2.97. The molecule has 3 aromatic heterocycles. The monoisotopic (exact) mass is 288 g/mol. The second-order valence-electron chi connectivity index (χ2n) is 4.99. The van der Waals surface area contributed by atoms with Crippen LogP contribution >= 0.6 is 0 Å². The predicted molar refractivity (Wildman–Crippen MR) is 83.8 cm³/mol. The van der Waals surface area contributed by atoms with Crippen LogP contribution in [0.5, 0.6) is 0 Å². The first-order chi connectivity index (χ1) is 10.8. The van der Waals surface area contributed by atoms with Crippen LogP contribution in [-0.2, 0) is 6.54 Å². The van der Waals surface area contributed by atoms with Crippen LogP contribution in [0, 0.1) is 0 Å². The van der Waals surface area contributed by atoms with E-state index >= 15 is 0 Å². The Morgan fingerprint density at radius 3 is 2.91 bits per heavy atom. The topological polar surface area (TPSA) is 76.7 Å². The summed E-state index contributed by atoms with van der Waals surface area (Å²) >= 11 is 0. The van der Waals surface area contributed by atoms with Crippen molar-refractivity contribution in [3.8, 4) is 0 Å². The Morgan fingerprint density at radius 1 is 1.09 bits per heavy atom. The Labute approximate surface area is 126 Å². The minimum absolute atomic E-state index is 0.485. The molecule has 7 heteroatoms. The predicted octanol–water partition coefficient (Wildman–Crippen LogP) is 0.660. The first-order valence-electron chi connectivity index (χ1n) is 6.85. The first kappa shape index (κ1) is 12.9. The van der Waals surface area contributed by atoms with Crippen LogP contribution in [0.4, 0.5) is 0 Å². The molecule has 0 atom stereocenters. The van der Waals surface area contributed by atoms with Crippen molar-refractivity contribution in [2.24, 2.45) is 0 Å². The van der Waals surface area contributed by atoms with Crippen LogP contribution in [0.1, 0.15) is 5.56 Å². The number of nitrogens with zero attached hydrogens (tertiary/aromatic N) is 5. The van der Waals surface area contributed by atoms with Crippen LogP contribution < -0.4 is 5.59 Å². The maximum atomic E-state index is 9.09. The third kappa shape index (κ3) is 2.21. The fourth-order valence-corrected chi connectivity index (χ4v) is 2.44. The van der Waals surface area contributed by atoms with Gasteiger partial charge in [0, 0.05) is 17.2 Å². The lowest BCUT2D eigenvalue weighted by Gasteiger charge is -2.04. The fourth-order valence-electron chi connectivity index (χ4n) is 2.44. The van der Waals surface area contributed by atoms with Crippen molar-refractivity contribution in [2.75, 3.05) is 0 Å². The normalized spacial score (nSPS) is 11.1. The SMILES string of the molecule is O[B]c1ccc2nnn(Cc3ccc4ncccc4c3)c2n1. The maximum Gasteiger partial charge on any atom is 0.348 e. The number of benzene rings is 1. The van der Waals surface area contributed by atoms with Gasteiger partial charge in [-0.25, -0.2) is 9.67 Å². The molecule has 1 aromatic carbocycles. The van der Waals surface area contributed by atoms with E-state index in [9.17, 15) is 0 Å². The first-order valence-corrected chi connectivity index (χ1v) is 6.85. The zero-order valence-corrected chi connectivity index (χ0v) is 11.6. The van der Waals surface area contributed by atoms with Crippen molar-refractivity contribution in [1.82, 2.24) is 25.0 Å². The van der Waals surface area contributed by atoms with Crippen LogP contribution in [-0.4, -0.2) is 37.5 Å². The summed E-state index contributed by atoms with van der Waals surface area (Å²) in [5.41, 5.74) is 3.89. The Bertz CT molecular complexity index is 968. The van der Waals surface area contributed by atoms with Gasteiger partial charge in [-0.1, -0.05) is 17.3 Å². The van der Waals surface area contributed by atoms with E-state index in [0.29, 0.717) is 23.3 Å². The maximum absolute atomic E-state index is 9.09. The van der Waals surface area contributed by atoms with Crippen LogP contribution in [0.15, 0.2) is 48.7 Å². The van der Waals surface area contributed by atoms with Gasteiger partial charge in [0.05, 0.1) is 12.1 Å². The summed E-state index contributed by atoms with van der Waals surface area (Å²) < 4.78 is 1.72. The summed E-state index contributed by atoms with van der Waals surface area (Å²) in [7, 11) is 0.971. The average molecular weight is 288 g/mol. The highest BCUT2D eigenvalue weighted by Gasteiger charge is 2.08. The fraction of sp³-hybridized carbons (Fsp3) is 0.0667. The van der Waals surface area contributed by atoms with Crippen LogP contribution in [0.2, 0.25) is 0 Å². The Morgan fingerprint density at radius 2 is 2.00 bits per heavy atom. The van der Waals surface area contributed by atoms with Crippen molar-refractivity contribution in [2.45, 2.75) is 6.54 Å². The molecule has 1 N–H and O–H groups in total. The number of fused-ring (bicyclic) bond motifs is 2. The van der Waals surface area contributed by atoms with Crippen molar-refractivity contribution < 1.29 is 5.02 Å². The lowest BCUT2D eigenvalue weighted by molar-refractivity contribution is 0.614. The van der Waals surface area contributed by atoms with Gasteiger partial charge in [0.2, 0.25) is 0 Å². The standard InChI is InChI=1S/C15H11BN5O/c22-16-14-6-5-13-15(18-14)21(20-19-13)9-10-3-4-12-11(8-10)2-1-7-17-12/h1-8,22H,9H2. The zero-order valence-electron chi connectivity index (χ0n) is 11.6. The van der Waals surface area contributed by atoms with E-state index in [0.717, 1.165) is 23.9 Å². The minimum Gasteiger partial charge on any atom is -0.449 e. The summed E-state index contributed by atoms with van der Waals surface area (Å²) in [6.07, 6.45) is 1.78. The van der Waals surface area contributed by atoms with Gasteiger partial charge in [0.25, 0.3) is 0 Å². The smallest absolute Gasteiger partial charge is 0.348 e. The molecular weight excluding hydrogens is 277 g/mol. The molecule has 22 heavy (non-hydrogen) atoms. The summed E-state index contributed by atoms with van der Waals surface area (Å²) in [5, 5.41) is 18.4. The molecular formula is C15H11BN5O. The number of hydrogen-bond donors (Lipinski definition) is 1. The van der Waals surface area contributed by atoms with Gasteiger partial charge in [0.15, 0.2) is 5.65 Å². The number of aromatic nitrogens is 5. The lowest BCUT2D eigenvalue weighted by Crippen LogP contribution is -2.18. The number of pyridine rings is 2. The van der Waals surface area contributed by atoms with E-state index in [4.69, 9.17) is 5.02 Å². The summed E-state index contributed by atoms with van der Waals surface area (Å²) in [5.74, 6) is 0. The van der Waals surface area contributed by atoms with E-state index in [1.165, 1.54) is 0 Å². The second-order valence-corrected chi connectivity index (χ2v) is 4.99. The quantitative estimate of drug-likeness (QED) is 0.560. The highest BCUT2D eigenvalue weighted by molar-refractivity contribution is 6.44. The van der Waals surface area contributed by atoms with E-state index in [-0.39, 0.29) is 0 Å². The van der Waals surface area contributed by atoms with Gasteiger partial charge in [-0.2, -0.15) is 0 Å². The minimum atomic E-state index is 0.485. The van der Waals surface area contributed by atoms with E-state index in [2.05, 4.69) is 26.3 Å². The van der Waals surface area contributed by atoms with Crippen molar-refractivity contribution >= 4 is 35.1 Å². The molecule has 4 aromatic rings. The van der Waals surface area contributed by atoms with Crippen molar-refractivity contribution in [3.63, 3.8) is 0 Å². The van der Waals surface area contributed by atoms with E-state index in [1.54, 1.807) is 23.0 Å². The second kappa shape index (κ2) is 5.20. The van der Waals surface area contributed by atoms with E-state index < -0.39 is 0 Å². The summed E-state index contributed by atoms with van der Waals surface area (Å²) in [4.78, 5) is 8.65. The summed E-state index contributed by atoms with van der Waals surface area (Å²) in [6, 6.07) is 13.5. The Hall–Kier alpha value is -2.80. The van der Waals surface area contributed by atoms with Gasteiger partial charge in [0.1, 0.15) is 5.52 Å². The van der Waals surface area contributed by atoms with Crippen LogP contribution in [0.3, 0.4) is 0 Å². The molecule has 0 aliphatic rings. The van der Waals surface area contributed by atoms with Crippen molar-refractivity contribution in [1.29, 1.82) is 0 Å². The number of hydrogen-bond acceptors (Lipinski definition) is 5. The molecule has 3 heterocycles. The molecule has 4 rings (SSSR count). The molecule has 105 valence electrons. The highest BCUT2D eigenvalue weighted by Crippen LogP contribution is 2.15. The number of rotatable bonds is 3. The van der Waals surface area contributed by atoms with Crippen LogP contribution in [0.25, 0.3) is 22.1 Å². The van der Waals surface area contributed by atoms with Gasteiger partial charge in [-0.05, 0) is 35.9 Å². The third-order valence-corrected chi connectivity index (χ3v) is 3.51. The lowest BCUT2D eigenvalue weighted by atomic mass is 9.95.